The first-order valence-electron chi connectivity index (χ1n) is 7.50. The Balaban J connectivity index is 1.85. The Hall–Kier alpha value is -2.37. The maximum absolute atomic E-state index is 11.9. The van der Waals surface area contributed by atoms with Gasteiger partial charge in [-0.15, -0.1) is 0 Å². The van der Waals surface area contributed by atoms with Crippen molar-refractivity contribution in [3.05, 3.63) is 70.7 Å². The van der Waals surface area contributed by atoms with Gasteiger partial charge in [0.1, 0.15) is 12.6 Å². The number of nitrogens with one attached hydrogen (secondary N) is 1. The molecule has 2 aromatic rings. The molecule has 2 amide bonds. The molecule has 0 heterocycles. The Morgan fingerprint density at radius 1 is 1.08 bits per heavy atom. The highest BCUT2D eigenvalue weighted by molar-refractivity contribution is 6.31. The molecule has 0 aliphatic carbocycles. The first kappa shape index (κ1) is 18.0. The van der Waals surface area contributed by atoms with E-state index in [0.29, 0.717) is 11.6 Å². The number of ether oxygens (including phenoxy) is 1. The van der Waals surface area contributed by atoms with Crippen molar-refractivity contribution in [2.75, 3.05) is 6.61 Å². The fraction of sp³-hybridized carbons (Fsp3) is 0.222. The molecule has 0 fully saturated rings. The van der Waals surface area contributed by atoms with Crippen LogP contribution in [0.2, 0.25) is 5.02 Å². The zero-order valence-corrected chi connectivity index (χ0v) is 13.8. The number of rotatable bonds is 8. The van der Waals surface area contributed by atoms with Crippen LogP contribution in [0.3, 0.4) is 0 Å². The lowest BCUT2D eigenvalue weighted by atomic mass is 10.1. The molecule has 2 rings (SSSR count). The van der Waals surface area contributed by atoms with Crippen molar-refractivity contribution in [3.8, 4) is 0 Å². The number of hydrogen-bond donors (Lipinski definition) is 2. The van der Waals surface area contributed by atoms with Crippen LogP contribution in [0, 0.1) is 0 Å². The van der Waals surface area contributed by atoms with E-state index in [1.54, 1.807) is 18.2 Å². The third-order valence-electron chi connectivity index (χ3n) is 3.41. The maximum atomic E-state index is 11.9. The minimum absolute atomic E-state index is 0.152. The molecular formula is C18H19ClN2O3. The molecule has 3 N–H and O–H groups in total. The van der Waals surface area contributed by atoms with E-state index in [-0.39, 0.29) is 13.0 Å². The molecule has 0 aromatic heterocycles. The summed E-state index contributed by atoms with van der Waals surface area (Å²) in [5.74, 6) is -1.02. The van der Waals surface area contributed by atoms with Gasteiger partial charge in [-0.2, -0.15) is 0 Å². The minimum Gasteiger partial charge on any atom is -0.368 e. The fourth-order valence-electron chi connectivity index (χ4n) is 2.18. The first-order chi connectivity index (χ1) is 11.6. The number of carbonyl (C=O) groups excluding carboxylic acids is 2. The van der Waals surface area contributed by atoms with E-state index in [1.165, 1.54) is 0 Å². The summed E-state index contributed by atoms with van der Waals surface area (Å²) in [4.78, 5) is 23.5. The van der Waals surface area contributed by atoms with Crippen LogP contribution >= 0.6 is 11.6 Å². The van der Waals surface area contributed by atoms with Crippen molar-refractivity contribution >= 4 is 23.4 Å². The Morgan fingerprint density at radius 3 is 2.42 bits per heavy atom. The van der Waals surface area contributed by atoms with Gasteiger partial charge in [0.2, 0.25) is 11.8 Å². The van der Waals surface area contributed by atoms with E-state index in [2.05, 4.69) is 5.32 Å². The van der Waals surface area contributed by atoms with Crippen LogP contribution in [-0.4, -0.2) is 24.5 Å². The van der Waals surface area contributed by atoms with Crippen molar-refractivity contribution in [1.29, 1.82) is 0 Å². The number of amides is 2. The number of halogens is 1. The van der Waals surface area contributed by atoms with Crippen LogP contribution in [0.25, 0.3) is 0 Å². The van der Waals surface area contributed by atoms with Gasteiger partial charge < -0.3 is 15.8 Å². The minimum atomic E-state index is -0.835. The van der Waals surface area contributed by atoms with Crippen molar-refractivity contribution < 1.29 is 14.3 Å². The van der Waals surface area contributed by atoms with Crippen LogP contribution in [0.4, 0.5) is 0 Å². The predicted molar refractivity (Wildman–Crippen MR) is 92.4 cm³/mol. The molecule has 1 atom stereocenters. The molecule has 0 radical (unpaired) electrons. The Morgan fingerprint density at radius 2 is 1.75 bits per heavy atom. The van der Waals surface area contributed by atoms with Gasteiger partial charge >= 0.3 is 0 Å². The number of benzene rings is 2. The Kier molecular flexibility index (Phi) is 6.78. The van der Waals surface area contributed by atoms with Crippen molar-refractivity contribution in [3.63, 3.8) is 0 Å². The predicted octanol–water partition coefficient (Wildman–Crippen LogP) is 2.07. The topological polar surface area (TPSA) is 81.4 Å². The highest BCUT2D eigenvalue weighted by Crippen LogP contribution is 2.16. The van der Waals surface area contributed by atoms with Gasteiger partial charge in [0.25, 0.3) is 0 Å². The van der Waals surface area contributed by atoms with E-state index >= 15 is 0 Å². The van der Waals surface area contributed by atoms with E-state index in [0.717, 1.165) is 11.1 Å². The maximum Gasteiger partial charge on any atom is 0.246 e. The summed E-state index contributed by atoms with van der Waals surface area (Å²) >= 11 is 6.07. The lowest BCUT2D eigenvalue weighted by Crippen LogP contribution is -2.47. The van der Waals surface area contributed by atoms with Crippen molar-refractivity contribution in [2.24, 2.45) is 5.73 Å². The number of hydrogen-bond acceptors (Lipinski definition) is 3. The molecule has 24 heavy (non-hydrogen) atoms. The van der Waals surface area contributed by atoms with Gasteiger partial charge in [0, 0.05) is 11.4 Å². The van der Waals surface area contributed by atoms with Crippen molar-refractivity contribution in [1.82, 2.24) is 5.32 Å². The third kappa shape index (κ3) is 5.68. The summed E-state index contributed by atoms with van der Waals surface area (Å²) in [7, 11) is 0. The molecule has 6 heteroatoms. The van der Waals surface area contributed by atoms with Crippen LogP contribution in [-0.2, 0) is 27.4 Å². The molecule has 5 nitrogen and oxygen atoms in total. The molecule has 0 saturated heterocycles. The number of primary amides is 1. The Labute approximate surface area is 145 Å². The molecule has 0 saturated carbocycles. The van der Waals surface area contributed by atoms with Gasteiger partial charge in [0.05, 0.1) is 6.61 Å². The molecule has 0 spiro atoms. The second kappa shape index (κ2) is 9.05. The van der Waals surface area contributed by atoms with E-state index < -0.39 is 17.9 Å². The summed E-state index contributed by atoms with van der Waals surface area (Å²) in [5.41, 5.74) is 7.07. The fourth-order valence-corrected chi connectivity index (χ4v) is 2.39. The average Bonchev–Trinajstić information content (AvgIpc) is 2.57. The summed E-state index contributed by atoms with van der Waals surface area (Å²) in [6.07, 6.45) is 0.236. The van der Waals surface area contributed by atoms with Gasteiger partial charge in [-0.05, 0) is 17.2 Å². The van der Waals surface area contributed by atoms with Gasteiger partial charge in [-0.1, -0.05) is 60.1 Å². The summed E-state index contributed by atoms with van der Waals surface area (Å²) < 4.78 is 5.35. The summed E-state index contributed by atoms with van der Waals surface area (Å²) in [5, 5.41) is 3.11. The van der Waals surface area contributed by atoms with Crippen LogP contribution in [0.15, 0.2) is 54.6 Å². The zero-order valence-electron chi connectivity index (χ0n) is 13.1. The molecule has 0 aliphatic heterocycles. The molecule has 2 aromatic carbocycles. The largest absolute Gasteiger partial charge is 0.368 e. The smallest absolute Gasteiger partial charge is 0.246 e. The van der Waals surface area contributed by atoms with Crippen LogP contribution < -0.4 is 11.1 Å². The van der Waals surface area contributed by atoms with Gasteiger partial charge in [-0.3, -0.25) is 9.59 Å². The number of nitrogens with two attached hydrogens (primary N) is 1. The second-order valence-electron chi connectivity index (χ2n) is 5.30. The lowest BCUT2D eigenvalue weighted by molar-refractivity contribution is -0.130. The monoisotopic (exact) mass is 346 g/mol. The lowest BCUT2D eigenvalue weighted by Gasteiger charge is -2.16. The van der Waals surface area contributed by atoms with Gasteiger partial charge in [0.15, 0.2) is 0 Å². The van der Waals surface area contributed by atoms with Crippen LogP contribution in [0.5, 0.6) is 0 Å². The zero-order chi connectivity index (χ0) is 17.4. The highest BCUT2D eigenvalue weighted by Gasteiger charge is 2.19. The first-order valence-corrected chi connectivity index (χ1v) is 7.88. The van der Waals surface area contributed by atoms with Crippen LogP contribution in [0.1, 0.15) is 11.1 Å². The molecule has 0 aliphatic rings. The van der Waals surface area contributed by atoms with Gasteiger partial charge in [-0.25, -0.2) is 0 Å². The SMILES string of the molecule is NC(=O)[C@@H](Cc1ccccc1Cl)NC(=O)COCc1ccccc1. The average molecular weight is 347 g/mol. The van der Waals surface area contributed by atoms with Crippen molar-refractivity contribution in [2.45, 2.75) is 19.1 Å². The van der Waals surface area contributed by atoms with E-state index in [4.69, 9.17) is 22.1 Å². The van der Waals surface area contributed by atoms with E-state index in [9.17, 15) is 9.59 Å². The standard InChI is InChI=1S/C18H19ClN2O3/c19-15-9-5-4-8-14(15)10-16(18(20)23)21-17(22)12-24-11-13-6-2-1-3-7-13/h1-9,16H,10-12H2,(H2,20,23)(H,21,22)/t16-/m1/s1. The Bertz CT molecular complexity index is 692. The quantitative estimate of drug-likeness (QED) is 0.767. The highest BCUT2D eigenvalue weighted by atomic mass is 35.5. The summed E-state index contributed by atoms with van der Waals surface area (Å²) in [6.45, 7) is 0.168. The normalized spacial score (nSPS) is 11.7. The molecule has 0 unspecified atom stereocenters. The number of carbonyl (C=O) groups is 2. The molecule has 126 valence electrons. The van der Waals surface area contributed by atoms with E-state index in [1.807, 2.05) is 36.4 Å². The molecular weight excluding hydrogens is 328 g/mol. The molecule has 0 bridgehead atoms. The third-order valence-corrected chi connectivity index (χ3v) is 3.77. The summed E-state index contributed by atoms with van der Waals surface area (Å²) in [6, 6.07) is 15.8. The second-order valence-corrected chi connectivity index (χ2v) is 5.70.